The van der Waals surface area contributed by atoms with Gasteiger partial charge in [0.2, 0.25) is 5.91 Å². The van der Waals surface area contributed by atoms with Gasteiger partial charge in [0, 0.05) is 37.0 Å². The summed E-state index contributed by atoms with van der Waals surface area (Å²) in [6.07, 6.45) is 2.62. The van der Waals surface area contributed by atoms with Crippen molar-refractivity contribution in [1.29, 1.82) is 0 Å². The van der Waals surface area contributed by atoms with Gasteiger partial charge < -0.3 is 4.90 Å². The molecule has 0 radical (unpaired) electrons. The molecule has 21 heavy (non-hydrogen) atoms. The van der Waals surface area contributed by atoms with Crippen molar-refractivity contribution in [3.8, 4) is 0 Å². The van der Waals surface area contributed by atoms with E-state index < -0.39 is 0 Å². The Balaban J connectivity index is 2.51. The van der Waals surface area contributed by atoms with Crippen molar-refractivity contribution in [1.82, 2.24) is 9.80 Å². The lowest BCUT2D eigenvalue weighted by Gasteiger charge is -2.37. The number of rotatable bonds is 6. The Morgan fingerprint density at radius 1 is 1.19 bits per heavy atom. The van der Waals surface area contributed by atoms with Gasteiger partial charge in [-0.05, 0) is 33.6 Å². The first-order valence-corrected chi connectivity index (χ1v) is 8.08. The molecule has 1 rings (SSSR count). The molecule has 1 fully saturated rings. The van der Waals surface area contributed by atoms with Crippen LogP contribution in [0.25, 0.3) is 0 Å². The summed E-state index contributed by atoms with van der Waals surface area (Å²) in [6, 6.07) is 0. The first-order valence-electron chi connectivity index (χ1n) is 8.08. The molecule has 1 amide bonds. The monoisotopic (exact) mass is 296 g/mol. The first-order chi connectivity index (χ1) is 9.51. The van der Waals surface area contributed by atoms with Crippen molar-refractivity contribution in [2.45, 2.75) is 66.3 Å². The summed E-state index contributed by atoms with van der Waals surface area (Å²) >= 11 is 0. The van der Waals surface area contributed by atoms with Gasteiger partial charge in [0.15, 0.2) is 5.78 Å². The van der Waals surface area contributed by atoms with Crippen LogP contribution in [-0.2, 0) is 9.59 Å². The van der Waals surface area contributed by atoms with Crippen LogP contribution in [0.15, 0.2) is 0 Å². The molecule has 0 aromatic heterocycles. The van der Waals surface area contributed by atoms with Crippen LogP contribution >= 0.6 is 0 Å². The maximum atomic E-state index is 12.3. The first kappa shape index (κ1) is 18.1. The summed E-state index contributed by atoms with van der Waals surface area (Å²) in [7, 11) is 0. The van der Waals surface area contributed by atoms with E-state index in [0.717, 1.165) is 32.5 Å². The van der Waals surface area contributed by atoms with Gasteiger partial charge in [-0.15, -0.1) is 0 Å². The lowest BCUT2D eigenvalue weighted by atomic mass is 9.89. The molecule has 0 bridgehead atoms. The van der Waals surface area contributed by atoms with E-state index in [2.05, 4.69) is 25.7 Å². The summed E-state index contributed by atoms with van der Waals surface area (Å²) in [6.45, 7) is 15.4. The number of carbonyl (C=O) groups is 2. The zero-order valence-corrected chi connectivity index (χ0v) is 14.7. The van der Waals surface area contributed by atoms with E-state index in [0.29, 0.717) is 13.0 Å². The molecule has 0 saturated carbocycles. The number of hydrogen-bond donors (Lipinski definition) is 0. The molecule has 0 aliphatic carbocycles. The maximum Gasteiger partial charge on any atom is 0.222 e. The summed E-state index contributed by atoms with van der Waals surface area (Å²) in [5.74, 6) is 0.553. The van der Waals surface area contributed by atoms with Crippen LogP contribution in [0.1, 0.15) is 60.8 Å². The Hall–Kier alpha value is -0.900. The third kappa shape index (κ3) is 5.77. The lowest BCUT2D eigenvalue weighted by molar-refractivity contribution is -0.129. The summed E-state index contributed by atoms with van der Waals surface area (Å²) in [5, 5.41) is 0. The normalized spacial score (nSPS) is 16.9. The lowest BCUT2D eigenvalue weighted by Crippen LogP contribution is -2.47. The Kier molecular flexibility index (Phi) is 5.97. The zero-order valence-electron chi connectivity index (χ0n) is 14.7. The largest absolute Gasteiger partial charge is 0.343 e. The van der Waals surface area contributed by atoms with E-state index in [1.165, 1.54) is 0 Å². The van der Waals surface area contributed by atoms with E-state index in [1.807, 2.05) is 25.7 Å². The molecule has 0 N–H and O–H groups in total. The molecule has 122 valence electrons. The number of amides is 1. The second-order valence-corrected chi connectivity index (χ2v) is 8.10. The van der Waals surface area contributed by atoms with Crippen LogP contribution in [0.4, 0.5) is 0 Å². The fourth-order valence-electron chi connectivity index (χ4n) is 2.46. The average Bonchev–Trinajstić information content (AvgIpc) is 2.71. The van der Waals surface area contributed by atoms with Crippen molar-refractivity contribution in [3.05, 3.63) is 0 Å². The van der Waals surface area contributed by atoms with Crippen LogP contribution in [0.5, 0.6) is 0 Å². The van der Waals surface area contributed by atoms with Crippen LogP contribution in [0.2, 0.25) is 0 Å². The minimum Gasteiger partial charge on any atom is -0.343 e. The zero-order chi connectivity index (χ0) is 16.3. The summed E-state index contributed by atoms with van der Waals surface area (Å²) in [5.41, 5.74) is -0.329. The fourth-order valence-corrected chi connectivity index (χ4v) is 2.46. The molecule has 0 atom stereocenters. The van der Waals surface area contributed by atoms with Crippen LogP contribution in [-0.4, -0.2) is 53.2 Å². The van der Waals surface area contributed by atoms with Crippen molar-refractivity contribution < 1.29 is 9.59 Å². The summed E-state index contributed by atoms with van der Waals surface area (Å²) < 4.78 is 0. The molecule has 0 unspecified atom stereocenters. The summed E-state index contributed by atoms with van der Waals surface area (Å²) in [4.78, 5) is 28.1. The molecule has 4 heteroatoms. The number of hydrogen-bond acceptors (Lipinski definition) is 3. The molecule has 4 nitrogen and oxygen atoms in total. The Morgan fingerprint density at radius 2 is 1.81 bits per heavy atom. The molecule has 1 aliphatic heterocycles. The quantitative estimate of drug-likeness (QED) is 0.756. The van der Waals surface area contributed by atoms with E-state index in [1.54, 1.807) is 0 Å². The van der Waals surface area contributed by atoms with Crippen molar-refractivity contribution in [2.75, 3.05) is 26.2 Å². The van der Waals surface area contributed by atoms with Gasteiger partial charge in [0.05, 0.1) is 6.54 Å². The van der Waals surface area contributed by atoms with Gasteiger partial charge in [-0.2, -0.15) is 0 Å². The van der Waals surface area contributed by atoms with E-state index in [9.17, 15) is 9.59 Å². The molecular weight excluding hydrogens is 264 g/mol. The number of carbonyl (C=O) groups excluding carboxylic acids is 2. The van der Waals surface area contributed by atoms with Crippen molar-refractivity contribution >= 4 is 11.7 Å². The standard InChI is InChI=1S/C17H32N2O2/c1-16(2,3)14(20)13-19(17(4,5)6)12-8-11-18-10-7-9-15(18)21/h7-13H2,1-6H3. The third-order valence-corrected chi connectivity index (χ3v) is 4.15. The van der Waals surface area contributed by atoms with Crippen molar-refractivity contribution in [3.63, 3.8) is 0 Å². The van der Waals surface area contributed by atoms with Crippen molar-refractivity contribution in [2.24, 2.45) is 5.41 Å². The molecule has 1 saturated heterocycles. The van der Waals surface area contributed by atoms with E-state index in [-0.39, 0.29) is 22.6 Å². The highest BCUT2D eigenvalue weighted by Crippen LogP contribution is 2.20. The SMILES string of the molecule is CC(C)(C)C(=O)CN(CCCN1CCCC1=O)C(C)(C)C. The highest BCUT2D eigenvalue weighted by molar-refractivity contribution is 5.85. The molecule has 1 heterocycles. The van der Waals surface area contributed by atoms with Crippen LogP contribution < -0.4 is 0 Å². The number of likely N-dealkylation sites (tertiary alicyclic amines) is 1. The van der Waals surface area contributed by atoms with Crippen LogP contribution in [0, 0.1) is 5.41 Å². The second kappa shape index (κ2) is 6.91. The topological polar surface area (TPSA) is 40.6 Å². The predicted octanol–water partition coefficient (Wildman–Crippen LogP) is 2.71. The molecule has 1 aliphatic rings. The predicted molar refractivity (Wildman–Crippen MR) is 86.2 cm³/mol. The minimum atomic E-state index is -0.297. The van der Waals surface area contributed by atoms with Gasteiger partial charge in [0.1, 0.15) is 0 Å². The smallest absolute Gasteiger partial charge is 0.222 e. The van der Waals surface area contributed by atoms with E-state index in [4.69, 9.17) is 0 Å². The maximum absolute atomic E-state index is 12.3. The fraction of sp³-hybridized carbons (Fsp3) is 0.882. The number of ketones is 1. The Labute approximate surface area is 129 Å². The molecule has 0 aromatic rings. The Morgan fingerprint density at radius 3 is 2.24 bits per heavy atom. The second-order valence-electron chi connectivity index (χ2n) is 8.10. The average molecular weight is 296 g/mol. The molecular formula is C17H32N2O2. The minimum absolute atomic E-state index is 0.0318. The van der Waals surface area contributed by atoms with Gasteiger partial charge >= 0.3 is 0 Å². The Bertz CT molecular complexity index is 377. The third-order valence-electron chi connectivity index (χ3n) is 4.15. The van der Waals surface area contributed by atoms with Gasteiger partial charge in [-0.25, -0.2) is 0 Å². The molecule has 0 spiro atoms. The molecule has 0 aromatic carbocycles. The van der Waals surface area contributed by atoms with Gasteiger partial charge in [0.25, 0.3) is 0 Å². The van der Waals surface area contributed by atoms with Gasteiger partial charge in [-0.1, -0.05) is 20.8 Å². The number of nitrogens with zero attached hydrogens (tertiary/aromatic N) is 2. The highest BCUT2D eigenvalue weighted by atomic mass is 16.2. The number of Topliss-reactive ketones (excluding diaryl/α,β-unsaturated/α-hetero) is 1. The van der Waals surface area contributed by atoms with Crippen LogP contribution in [0.3, 0.4) is 0 Å². The highest BCUT2D eigenvalue weighted by Gasteiger charge is 2.29. The van der Waals surface area contributed by atoms with Gasteiger partial charge in [-0.3, -0.25) is 14.5 Å². The van der Waals surface area contributed by atoms with E-state index >= 15 is 0 Å².